The molecule has 0 saturated heterocycles. The molecule has 0 unspecified atom stereocenters. The van der Waals surface area contributed by atoms with Crippen LogP contribution >= 0.6 is 0 Å². The van der Waals surface area contributed by atoms with Crippen molar-refractivity contribution in [3.63, 3.8) is 0 Å². The molecule has 0 fully saturated rings. The van der Waals surface area contributed by atoms with Crippen molar-refractivity contribution in [1.82, 2.24) is 0 Å². The monoisotopic (exact) mass is 315 g/mol. The largest absolute Gasteiger partial charge is 0.481 e. The van der Waals surface area contributed by atoms with Gasteiger partial charge in [-0.05, 0) is 18.1 Å². The first-order valence-electron chi connectivity index (χ1n) is 6.21. The highest BCUT2D eigenvalue weighted by Gasteiger charge is 2.15. The van der Waals surface area contributed by atoms with E-state index in [4.69, 9.17) is 5.11 Å². The van der Waals surface area contributed by atoms with Gasteiger partial charge in [0.1, 0.15) is 0 Å². The average molecular weight is 315 g/mol. The second kappa shape index (κ2) is 7.63. The smallest absolute Gasteiger partial charge is 0.306 e. The molecule has 8 heteroatoms. The summed E-state index contributed by atoms with van der Waals surface area (Å²) in [5, 5.41) is 8.68. The predicted octanol–water partition coefficient (Wildman–Crippen LogP) is 1.01. The molecule has 0 spiro atoms. The van der Waals surface area contributed by atoms with Gasteiger partial charge in [0.25, 0.3) is 0 Å². The molecule has 0 saturated carbocycles. The number of methoxy groups -OCH3 is 1. The van der Waals surface area contributed by atoms with Crippen molar-refractivity contribution in [2.45, 2.75) is 19.3 Å². The molecular formula is C13H17NO6S. The molecule has 116 valence electrons. The van der Waals surface area contributed by atoms with Gasteiger partial charge in [0.15, 0.2) is 0 Å². The molecule has 1 aromatic carbocycles. The number of rotatable bonds is 8. The van der Waals surface area contributed by atoms with E-state index < -0.39 is 27.7 Å². The molecule has 0 radical (unpaired) electrons. The van der Waals surface area contributed by atoms with Crippen LogP contribution in [0.1, 0.15) is 18.4 Å². The molecule has 1 rings (SSSR count). The SMILES string of the molecule is COC(=O)CCS(=O)(=O)Nc1ccccc1CCC(=O)O. The highest BCUT2D eigenvalue weighted by atomic mass is 32.2. The summed E-state index contributed by atoms with van der Waals surface area (Å²) >= 11 is 0. The number of nitrogens with one attached hydrogen (secondary N) is 1. The number of carboxylic acids is 1. The number of anilines is 1. The molecule has 7 nitrogen and oxygen atoms in total. The summed E-state index contributed by atoms with van der Waals surface area (Å²) in [7, 11) is -2.52. The summed E-state index contributed by atoms with van der Waals surface area (Å²) in [5.41, 5.74) is 0.908. The third-order valence-corrected chi connectivity index (χ3v) is 3.97. The zero-order valence-electron chi connectivity index (χ0n) is 11.5. The number of para-hydroxylation sites is 1. The molecule has 0 amide bonds. The second-order valence-electron chi connectivity index (χ2n) is 4.30. The van der Waals surface area contributed by atoms with Crippen LogP contribution in [0.4, 0.5) is 5.69 Å². The summed E-state index contributed by atoms with van der Waals surface area (Å²) in [6.45, 7) is 0. The highest BCUT2D eigenvalue weighted by molar-refractivity contribution is 7.92. The van der Waals surface area contributed by atoms with Gasteiger partial charge in [0.05, 0.1) is 25.0 Å². The number of hydrogen-bond acceptors (Lipinski definition) is 5. The number of hydrogen-bond donors (Lipinski definition) is 2. The van der Waals surface area contributed by atoms with Crippen LogP contribution in [0.25, 0.3) is 0 Å². The van der Waals surface area contributed by atoms with Gasteiger partial charge in [-0.25, -0.2) is 8.42 Å². The fourth-order valence-electron chi connectivity index (χ4n) is 1.62. The highest BCUT2D eigenvalue weighted by Crippen LogP contribution is 2.18. The molecule has 0 atom stereocenters. The van der Waals surface area contributed by atoms with Crippen molar-refractivity contribution >= 4 is 27.6 Å². The minimum Gasteiger partial charge on any atom is -0.481 e. The summed E-state index contributed by atoms with van der Waals surface area (Å²) in [6, 6.07) is 6.54. The first kappa shape index (κ1) is 17.0. The quantitative estimate of drug-likeness (QED) is 0.693. The van der Waals surface area contributed by atoms with E-state index in [0.29, 0.717) is 11.3 Å². The van der Waals surface area contributed by atoms with Crippen molar-refractivity contribution in [3.8, 4) is 0 Å². The first-order chi connectivity index (χ1) is 9.84. The molecule has 0 aliphatic rings. The van der Waals surface area contributed by atoms with E-state index in [2.05, 4.69) is 9.46 Å². The zero-order valence-corrected chi connectivity index (χ0v) is 12.4. The Labute approximate surface area is 123 Å². The number of sulfonamides is 1. The lowest BCUT2D eigenvalue weighted by Crippen LogP contribution is -2.20. The van der Waals surface area contributed by atoms with Crippen LogP contribution in [-0.4, -0.2) is 38.3 Å². The van der Waals surface area contributed by atoms with Gasteiger partial charge >= 0.3 is 11.9 Å². The van der Waals surface area contributed by atoms with Gasteiger partial charge in [0, 0.05) is 6.42 Å². The van der Waals surface area contributed by atoms with Gasteiger partial charge in [-0.1, -0.05) is 18.2 Å². The Morgan fingerprint density at radius 1 is 1.24 bits per heavy atom. The zero-order chi connectivity index (χ0) is 15.9. The lowest BCUT2D eigenvalue weighted by Gasteiger charge is -2.11. The van der Waals surface area contributed by atoms with E-state index in [0.717, 1.165) is 0 Å². The molecule has 0 aromatic heterocycles. The van der Waals surface area contributed by atoms with Crippen LogP contribution in [0.2, 0.25) is 0 Å². The number of carboxylic acid groups (broad SMARTS) is 1. The van der Waals surface area contributed by atoms with Crippen LogP contribution in [0.5, 0.6) is 0 Å². The second-order valence-corrected chi connectivity index (χ2v) is 6.14. The Kier molecular flexibility index (Phi) is 6.16. The van der Waals surface area contributed by atoms with Crippen LogP contribution < -0.4 is 4.72 Å². The molecule has 0 aliphatic carbocycles. The van der Waals surface area contributed by atoms with Gasteiger partial charge in [-0.3, -0.25) is 14.3 Å². The number of carbonyl (C=O) groups excluding carboxylic acids is 1. The number of carbonyl (C=O) groups is 2. The Morgan fingerprint density at radius 2 is 1.90 bits per heavy atom. The first-order valence-corrected chi connectivity index (χ1v) is 7.86. The lowest BCUT2D eigenvalue weighted by molar-refractivity contribution is -0.140. The normalized spacial score (nSPS) is 10.9. The van der Waals surface area contributed by atoms with Crippen LogP contribution in [0.3, 0.4) is 0 Å². The number of benzene rings is 1. The Morgan fingerprint density at radius 3 is 2.52 bits per heavy atom. The van der Waals surface area contributed by atoms with Crippen LogP contribution in [-0.2, 0) is 30.8 Å². The number of ether oxygens (including phenoxy) is 1. The maximum atomic E-state index is 11.9. The summed E-state index contributed by atoms with van der Waals surface area (Å²) < 4.78 is 30.5. The molecule has 0 aliphatic heterocycles. The molecular weight excluding hydrogens is 298 g/mol. The fraction of sp³-hybridized carbons (Fsp3) is 0.385. The van der Waals surface area contributed by atoms with Gasteiger partial charge in [-0.15, -0.1) is 0 Å². The predicted molar refractivity (Wildman–Crippen MR) is 76.4 cm³/mol. The van der Waals surface area contributed by atoms with Crippen molar-refractivity contribution in [2.75, 3.05) is 17.6 Å². The lowest BCUT2D eigenvalue weighted by atomic mass is 10.1. The minimum absolute atomic E-state index is 0.0963. The van der Waals surface area contributed by atoms with Crippen LogP contribution in [0.15, 0.2) is 24.3 Å². The maximum Gasteiger partial charge on any atom is 0.306 e. The number of aryl methyl sites for hydroxylation is 1. The Bertz CT molecular complexity index is 611. The van der Waals surface area contributed by atoms with E-state index in [-0.39, 0.29) is 19.3 Å². The fourth-order valence-corrected chi connectivity index (χ4v) is 2.69. The van der Waals surface area contributed by atoms with Gasteiger partial charge in [-0.2, -0.15) is 0 Å². The standard InChI is InChI=1S/C13H17NO6S/c1-20-13(17)8-9-21(18,19)14-11-5-3-2-4-10(11)6-7-12(15)16/h2-5,14H,6-9H2,1H3,(H,15,16). The summed E-state index contributed by atoms with van der Waals surface area (Å²) in [6.07, 6.45) is -0.130. The maximum absolute atomic E-state index is 11.9. The third kappa shape index (κ3) is 6.26. The molecule has 0 bridgehead atoms. The van der Waals surface area contributed by atoms with Crippen LogP contribution in [0, 0.1) is 0 Å². The van der Waals surface area contributed by atoms with E-state index >= 15 is 0 Å². The summed E-state index contributed by atoms with van der Waals surface area (Å²) in [4.78, 5) is 21.6. The number of aliphatic carboxylic acids is 1. The van der Waals surface area contributed by atoms with E-state index in [1.165, 1.54) is 7.11 Å². The van der Waals surface area contributed by atoms with E-state index in [1.807, 2.05) is 0 Å². The van der Waals surface area contributed by atoms with Crippen molar-refractivity contribution in [1.29, 1.82) is 0 Å². The van der Waals surface area contributed by atoms with Gasteiger partial charge < -0.3 is 9.84 Å². The molecule has 2 N–H and O–H groups in total. The molecule has 1 aromatic rings. The molecule has 21 heavy (non-hydrogen) atoms. The van der Waals surface area contributed by atoms with E-state index in [9.17, 15) is 18.0 Å². The topological polar surface area (TPSA) is 110 Å². The van der Waals surface area contributed by atoms with E-state index in [1.54, 1.807) is 24.3 Å². The Balaban J connectivity index is 2.77. The van der Waals surface area contributed by atoms with Crippen molar-refractivity contribution in [3.05, 3.63) is 29.8 Å². The summed E-state index contributed by atoms with van der Waals surface area (Å²) in [5.74, 6) is -1.97. The third-order valence-electron chi connectivity index (χ3n) is 2.69. The molecule has 0 heterocycles. The average Bonchev–Trinajstić information content (AvgIpc) is 2.43. The Hall–Kier alpha value is -2.09. The minimum atomic E-state index is -3.70. The van der Waals surface area contributed by atoms with Gasteiger partial charge in [0.2, 0.25) is 10.0 Å². The van der Waals surface area contributed by atoms with Crippen molar-refractivity contribution in [2.24, 2.45) is 0 Å². The number of esters is 1. The van der Waals surface area contributed by atoms with Crippen molar-refractivity contribution < 1.29 is 27.9 Å².